The van der Waals surface area contributed by atoms with E-state index in [4.69, 9.17) is 9.47 Å². The summed E-state index contributed by atoms with van der Waals surface area (Å²) in [6, 6.07) is 1.44. The highest BCUT2D eigenvalue weighted by Crippen LogP contribution is 2.41. The Balaban J connectivity index is 0.00000191. The molecule has 40 heavy (non-hydrogen) atoms. The van der Waals surface area contributed by atoms with Gasteiger partial charge in [-0.2, -0.15) is 0 Å². The highest BCUT2D eigenvalue weighted by Gasteiger charge is 2.39. The normalized spacial score (nSPS) is 15.1. The zero-order chi connectivity index (χ0) is 31.2. The van der Waals surface area contributed by atoms with Crippen LogP contribution in [0.3, 0.4) is 0 Å². The van der Waals surface area contributed by atoms with Crippen molar-refractivity contribution in [2.75, 3.05) is 24.2 Å². The van der Waals surface area contributed by atoms with Gasteiger partial charge in [-0.3, -0.25) is 4.90 Å². The molecule has 3 rings (SSSR count). The van der Waals surface area contributed by atoms with Crippen molar-refractivity contribution in [1.29, 1.82) is 0 Å². The molecule has 1 fully saturated rings. The van der Waals surface area contributed by atoms with Gasteiger partial charge in [0.2, 0.25) is 0 Å². The van der Waals surface area contributed by atoms with Crippen LogP contribution < -0.4 is 4.90 Å². The number of aromatic nitrogens is 1. The number of nitrogens with zero attached hydrogens (tertiary/aromatic N) is 3. The Bertz CT molecular complexity index is 1190. The van der Waals surface area contributed by atoms with Crippen LogP contribution in [0.1, 0.15) is 86.8 Å². The van der Waals surface area contributed by atoms with Gasteiger partial charge in [0.1, 0.15) is 21.7 Å². The fraction of sp³-hybridized carbons (Fsp3) is 0.633. The van der Waals surface area contributed by atoms with E-state index in [1.54, 1.807) is 37.5 Å². The first kappa shape index (κ1) is 36.0. The number of amides is 2. The first-order chi connectivity index (χ1) is 18.5. The number of hydrogen-bond acceptors (Lipinski definition) is 6. The largest absolute Gasteiger partial charge is 0.444 e. The number of halogens is 2. The smallest absolute Gasteiger partial charge is 0.415 e. The number of anilines is 1. The molecule has 2 heterocycles. The zero-order valence-corrected chi connectivity index (χ0v) is 28.8. The Labute approximate surface area is 252 Å². The lowest BCUT2D eigenvalue weighted by Gasteiger charge is -2.34. The molecule has 1 saturated heterocycles. The van der Waals surface area contributed by atoms with Gasteiger partial charge in [0.05, 0.1) is 16.2 Å². The molecule has 2 aromatic rings. The summed E-state index contributed by atoms with van der Waals surface area (Å²) in [6.45, 7) is 23.2. The van der Waals surface area contributed by atoms with Crippen molar-refractivity contribution in [3.8, 4) is 0 Å². The molecule has 0 bridgehead atoms. The van der Waals surface area contributed by atoms with Crippen molar-refractivity contribution in [2.45, 2.75) is 112 Å². The number of benzene rings is 1. The Morgan fingerprint density at radius 2 is 1.62 bits per heavy atom. The molecule has 0 N–H and O–H groups in total. The van der Waals surface area contributed by atoms with E-state index in [1.807, 2.05) is 67.7 Å². The molecule has 1 aromatic carbocycles. The van der Waals surface area contributed by atoms with Gasteiger partial charge in [0.15, 0.2) is 5.82 Å². The predicted octanol–water partition coefficient (Wildman–Crippen LogP) is 9.28. The van der Waals surface area contributed by atoms with Gasteiger partial charge in [-0.25, -0.2) is 19.0 Å². The number of fused-ring (bicyclic) bond motifs is 1. The molecule has 1 aliphatic rings. The van der Waals surface area contributed by atoms with Gasteiger partial charge in [0, 0.05) is 24.0 Å². The maximum absolute atomic E-state index is 15.4. The number of carbonyl (C=O) groups excluding carboxylic acids is 2. The van der Waals surface area contributed by atoms with Crippen LogP contribution in [0.4, 0.5) is 19.7 Å². The summed E-state index contributed by atoms with van der Waals surface area (Å²) in [5.41, 5.74) is 0.774. The van der Waals surface area contributed by atoms with Crippen molar-refractivity contribution < 1.29 is 23.5 Å². The summed E-state index contributed by atoms with van der Waals surface area (Å²) in [5.74, 6) is -0.479. The second-order valence-electron chi connectivity index (χ2n) is 11.0. The lowest BCUT2D eigenvalue weighted by molar-refractivity contribution is 0.0287. The molecule has 1 unspecified atom stereocenters. The topological polar surface area (TPSA) is 72.0 Å². The number of ether oxygens (including phenoxy) is 2. The Morgan fingerprint density at radius 3 is 2.12 bits per heavy atom. The number of likely N-dealkylation sites (tertiary alicyclic amines) is 1. The molecule has 0 radical (unpaired) electrons. The molecule has 1 aromatic heterocycles. The van der Waals surface area contributed by atoms with Crippen LogP contribution >= 0.6 is 27.7 Å². The standard InChI is InChI=1S/C26H35BrFN3O4S.2C2H6/c1-14-12-17-20(19(28)18(14)27)29-22(36-9)15(2)21(17)31(24(33)35-26(6,7)8)16-10-11-30(13-16)23(32)34-25(3,4)5;2*1-2/h12,16H,10-11,13H2,1-9H3;2*1-2H3. The van der Waals surface area contributed by atoms with E-state index in [1.165, 1.54) is 11.8 Å². The second kappa shape index (κ2) is 14.7. The molecule has 0 aliphatic carbocycles. The van der Waals surface area contributed by atoms with Crippen LogP contribution in [0.5, 0.6) is 0 Å². The maximum Gasteiger partial charge on any atom is 0.415 e. The Morgan fingerprint density at radius 1 is 1.07 bits per heavy atom. The summed E-state index contributed by atoms with van der Waals surface area (Å²) in [7, 11) is 0. The fourth-order valence-electron chi connectivity index (χ4n) is 4.21. The summed E-state index contributed by atoms with van der Waals surface area (Å²) in [5, 5.41) is 1.13. The van der Waals surface area contributed by atoms with Crippen LogP contribution in [-0.2, 0) is 9.47 Å². The van der Waals surface area contributed by atoms with Crippen LogP contribution in [-0.4, -0.2) is 58.7 Å². The molecular formula is C30H47BrFN3O4S. The average Bonchev–Trinajstić information content (AvgIpc) is 3.35. The van der Waals surface area contributed by atoms with E-state index in [-0.39, 0.29) is 12.1 Å². The lowest BCUT2D eigenvalue weighted by atomic mass is 10.0. The second-order valence-corrected chi connectivity index (χ2v) is 12.6. The number of pyridine rings is 1. The van der Waals surface area contributed by atoms with E-state index >= 15 is 4.39 Å². The van der Waals surface area contributed by atoms with Crippen LogP contribution in [0.15, 0.2) is 15.6 Å². The van der Waals surface area contributed by atoms with E-state index in [0.717, 1.165) is 5.56 Å². The van der Waals surface area contributed by atoms with Gasteiger partial charge in [-0.1, -0.05) is 27.7 Å². The summed E-state index contributed by atoms with van der Waals surface area (Å²) >= 11 is 4.71. The quantitative estimate of drug-likeness (QED) is 0.310. The number of thioether (sulfide) groups is 1. The highest BCUT2D eigenvalue weighted by atomic mass is 79.9. The molecule has 2 amide bonds. The molecule has 1 aliphatic heterocycles. The van der Waals surface area contributed by atoms with Gasteiger partial charge in [-0.05, 0) is 95.6 Å². The van der Waals surface area contributed by atoms with Crippen molar-refractivity contribution in [3.05, 3.63) is 27.5 Å². The van der Waals surface area contributed by atoms with E-state index < -0.39 is 35.2 Å². The van der Waals surface area contributed by atoms with Crippen molar-refractivity contribution in [3.63, 3.8) is 0 Å². The van der Waals surface area contributed by atoms with E-state index in [2.05, 4.69) is 20.9 Å². The number of aryl methyl sites for hydroxylation is 1. The van der Waals surface area contributed by atoms with Crippen molar-refractivity contribution >= 4 is 56.5 Å². The first-order valence-electron chi connectivity index (χ1n) is 13.9. The molecule has 0 spiro atoms. The summed E-state index contributed by atoms with van der Waals surface area (Å²) in [6.07, 6.45) is 1.40. The minimum absolute atomic E-state index is 0.174. The van der Waals surface area contributed by atoms with Crippen molar-refractivity contribution in [2.24, 2.45) is 0 Å². The Hall–Kier alpha value is -2.07. The van der Waals surface area contributed by atoms with Gasteiger partial charge in [-0.15, -0.1) is 11.8 Å². The molecule has 10 heteroatoms. The number of carbonyl (C=O) groups is 2. The number of rotatable bonds is 3. The minimum atomic E-state index is -0.748. The van der Waals surface area contributed by atoms with Crippen molar-refractivity contribution in [1.82, 2.24) is 9.88 Å². The molecule has 0 saturated carbocycles. The zero-order valence-electron chi connectivity index (χ0n) is 26.4. The third-order valence-electron chi connectivity index (χ3n) is 5.71. The monoisotopic (exact) mass is 643 g/mol. The van der Waals surface area contributed by atoms with Gasteiger partial charge in [0.25, 0.3) is 0 Å². The molecular weight excluding hydrogens is 597 g/mol. The van der Waals surface area contributed by atoms with Crippen LogP contribution in [0.25, 0.3) is 10.9 Å². The number of hydrogen-bond donors (Lipinski definition) is 0. The maximum atomic E-state index is 15.4. The Kier molecular flexibility index (Phi) is 13.2. The summed E-state index contributed by atoms with van der Waals surface area (Å²) in [4.78, 5) is 34.3. The van der Waals surface area contributed by atoms with E-state index in [0.29, 0.717) is 39.1 Å². The highest BCUT2D eigenvalue weighted by molar-refractivity contribution is 9.10. The molecule has 226 valence electrons. The average molecular weight is 645 g/mol. The van der Waals surface area contributed by atoms with Crippen LogP contribution in [0.2, 0.25) is 0 Å². The van der Waals surface area contributed by atoms with E-state index in [9.17, 15) is 9.59 Å². The third-order valence-corrected chi connectivity index (χ3v) is 7.47. The first-order valence-corrected chi connectivity index (χ1v) is 15.9. The predicted molar refractivity (Wildman–Crippen MR) is 168 cm³/mol. The minimum Gasteiger partial charge on any atom is -0.444 e. The molecule has 7 nitrogen and oxygen atoms in total. The fourth-order valence-corrected chi connectivity index (χ4v) is 5.10. The summed E-state index contributed by atoms with van der Waals surface area (Å²) < 4.78 is 27.1. The van der Waals surface area contributed by atoms with Crippen LogP contribution in [0, 0.1) is 19.7 Å². The van der Waals surface area contributed by atoms with Gasteiger partial charge < -0.3 is 14.4 Å². The SMILES string of the molecule is CC.CC.CSc1nc2c(F)c(Br)c(C)cc2c(N(C(=O)OC(C)(C)C)C2CCN(C(=O)OC(C)(C)C)C2)c1C. The molecule has 1 atom stereocenters. The van der Waals surface area contributed by atoms with Gasteiger partial charge >= 0.3 is 12.2 Å². The lowest BCUT2D eigenvalue weighted by Crippen LogP contribution is -2.46. The third kappa shape index (κ3) is 8.71.